The van der Waals surface area contributed by atoms with Crippen LogP contribution in [0.15, 0.2) is 70.3 Å². The Balaban J connectivity index is 1.33. The SMILES string of the molecule is Cc1cc(Nc2ncncc2-c2nc(C=NS(=O)C(C)(C)C)co2)ccc1Oc1ccc2c(c1)ncn2C. The van der Waals surface area contributed by atoms with Crippen LogP contribution >= 0.6 is 0 Å². The highest BCUT2D eigenvalue weighted by molar-refractivity contribution is 7.85. The number of nitrogens with zero attached hydrogens (tertiary/aromatic N) is 6. The molecule has 10 nitrogen and oxygen atoms in total. The lowest BCUT2D eigenvalue weighted by atomic mass is 10.2. The highest BCUT2D eigenvalue weighted by Crippen LogP contribution is 2.32. The van der Waals surface area contributed by atoms with Gasteiger partial charge in [-0.25, -0.2) is 24.1 Å². The Kier molecular flexibility index (Phi) is 6.77. The summed E-state index contributed by atoms with van der Waals surface area (Å²) in [5, 5.41) is 3.31. The largest absolute Gasteiger partial charge is 0.457 e. The molecule has 0 bridgehead atoms. The standard InChI is InChI=1S/C27H27N7O3S/c1-17-10-18(6-9-24(17)37-20-7-8-23-22(11-20)30-16-34(23)5)32-25-21(13-28-15-29-25)26-33-19(14-36-26)12-31-38(35)27(2,3)4/h6-16H,1-5H3,(H,28,29,32). The Bertz CT molecular complexity index is 1670. The maximum Gasteiger partial charge on any atom is 0.231 e. The lowest BCUT2D eigenvalue weighted by molar-refractivity contribution is 0.479. The second-order valence-corrected chi connectivity index (χ2v) is 11.6. The van der Waals surface area contributed by atoms with Crippen LogP contribution in [0.1, 0.15) is 32.0 Å². The number of imidazole rings is 1. The van der Waals surface area contributed by atoms with Gasteiger partial charge in [0.05, 0.1) is 33.9 Å². The molecule has 0 aliphatic heterocycles. The molecule has 1 atom stereocenters. The Hall–Kier alpha value is -4.38. The normalized spacial score (nSPS) is 12.8. The van der Waals surface area contributed by atoms with Crippen molar-refractivity contribution in [1.82, 2.24) is 24.5 Å². The maximum absolute atomic E-state index is 12.2. The molecule has 3 heterocycles. The van der Waals surface area contributed by atoms with Crippen LogP contribution in [0.25, 0.3) is 22.5 Å². The molecular formula is C27H27N7O3S. The molecule has 2 aromatic carbocycles. The van der Waals surface area contributed by atoms with E-state index in [-0.39, 0.29) is 0 Å². The van der Waals surface area contributed by atoms with Gasteiger partial charge in [-0.2, -0.15) is 4.40 Å². The van der Waals surface area contributed by atoms with Crippen LogP contribution in [0.5, 0.6) is 11.5 Å². The van der Waals surface area contributed by atoms with E-state index in [0.717, 1.165) is 28.0 Å². The molecule has 194 valence electrons. The minimum absolute atomic E-state index is 0.317. The van der Waals surface area contributed by atoms with Crippen molar-refractivity contribution in [2.24, 2.45) is 11.4 Å². The van der Waals surface area contributed by atoms with Crippen molar-refractivity contribution in [2.75, 3.05) is 5.32 Å². The summed E-state index contributed by atoms with van der Waals surface area (Å²) in [4.78, 5) is 17.3. The molecule has 0 fully saturated rings. The molecular weight excluding hydrogens is 502 g/mol. The van der Waals surface area contributed by atoms with E-state index in [0.29, 0.717) is 28.7 Å². The van der Waals surface area contributed by atoms with Crippen LogP contribution in [0.4, 0.5) is 11.5 Å². The third-order valence-corrected chi connectivity index (χ3v) is 6.98. The Morgan fingerprint density at radius 2 is 2.00 bits per heavy atom. The Morgan fingerprint density at radius 3 is 2.79 bits per heavy atom. The van der Waals surface area contributed by atoms with Crippen LogP contribution in [0, 0.1) is 6.92 Å². The topological polar surface area (TPSA) is 120 Å². The van der Waals surface area contributed by atoms with Gasteiger partial charge in [-0.05, 0) is 63.6 Å². The zero-order valence-corrected chi connectivity index (χ0v) is 22.5. The fourth-order valence-corrected chi connectivity index (χ4v) is 4.12. The number of ether oxygens (including phenoxy) is 1. The van der Waals surface area contributed by atoms with Gasteiger partial charge in [-0.1, -0.05) is 0 Å². The summed E-state index contributed by atoms with van der Waals surface area (Å²) in [6, 6.07) is 11.6. The number of anilines is 2. The Morgan fingerprint density at radius 1 is 1.16 bits per heavy atom. The number of rotatable bonds is 7. The summed E-state index contributed by atoms with van der Waals surface area (Å²) in [5.74, 6) is 2.29. The van der Waals surface area contributed by atoms with Crippen LogP contribution in [-0.2, 0) is 18.0 Å². The lowest BCUT2D eigenvalue weighted by Crippen LogP contribution is -2.19. The maximum atomic E-state index is 12.2. The zero-order valence-electron chi connectivity index (χ0n) is 21.7. The molecule has 11 heteroatoms. The van der Waals surface area contributed by atoms with Gasteiger partial charge in [0.2, 0.25) is 5.89 Å². The molecule has 3 aromatic heterocycles. The minimum atomic E-state index is -1.39. The number of aryl methyl sites for hydroxylation is 2. The lowest BCUT2D eigenvalue weighted by Gasteiger charge is -2.12. The first-order chi connectivity index (χ1) is 18.2. The summed E-state index contributed by atoms with van der Waals surface area (Å²) in [7, 11) is 0.569. The second kappa shape index (κ2) is 10.2. The van der Waals surface area contributed by atoms with E-state index >= 15 is 0 Å². The van der Waals surface area contributed by atoms with Crippen molar-refractivity contribution in [3.8, 4) is 23.0 Å². The van der Waals surface area contributed by atoms with Gasteiger partial charge in [0.1, 0.15) is 46.6 Å². The second-order valence-electron chi connectivity index (χ2n) is 9.67. The summed E-state index contributed by atoms with van der Waals surface area (Å²) in [6.07, 6.45) is 7.74. The molecule has 0 aliphatic carbocycles. The van der Waals surface area contributed by atoms with E-state index in [4.69, 9.17) is 9.15 Å². The average Bonchev–Trinajstić information content (AvgIpc) is 3.50. The van der Waals surface area contributed by atoms with Crippen molar-refractivity contribution in [3.63, 3.8) is 0 Å². The fraction of sp³-hybridized carbons (Fsp3) is 0.222. The zero-order chi connectivity index (χ0) is 26.9. The molecule has 0 amide bonds. The summed E-state index contributed by atoms with van der Waals surface area (Å²) >= 11 is 0. The van der Waals surface area contributed by atoms with Crippen molar-refractivity contribution in [3.05, 3.63) is 72.8 Å². The van der Waals surface area contributed by atoms with Gasteiger partial charge in [0.25, 0.3) is 0 Å². The van der Waals surface area contributed by atoms with Crippen molar-refractivity contribution < 1.29 is 13.4 Å². The summed E-state index contributed by atoms with van der Waals surface area (Å²) in [6.45, 7) is 7.54. The molecule has 0 radical (unpaired) electrons. The third-order valence-electron chi connectivity index (χ3n) is 5.63. The molecule has 38 heavy (non-hydrogen) atoms. The number of nitrogens with one attached hydrogen (secondary N) is 1. The molecule has 0 aliphatic rings. The van der Waals surface area contributed by atoms with Gasteiger partial charge in [-0.3, -0.25) is 0 Å². The first kappa shape index (κ1) is 25.3. The summed E-state index contributed by atoms with van der Waals surface area (Å²) < 4.78 is 29.6. The number of hydrogen-bond acceptors (Lipinski definition) is 8. The van der Waals surface area contributed by atoms with E-state index in [1.807, 2.05) is 75.7 Å². The molecule has 5 aromatic rings. The third kappa shape index (κ3) is 5.47. The van der Waals surface area contributed by atoms with E-state index in [1.54, 1.807) is 12.5 Å². The summed E-state index contributed by atoms with van der Waals surface area (Å²) in [5.41, 5.74) is 4.69. The molecule has 0 saturated heterocycles. The van der Waals surface area contributed by atoms with Gasteiger partial charge >= 0.3 is 0 Å². The number of hydrogen-bond donors (Lipinski definition) is 1. The highest BCUT2D eigenvalue weighted by atomic mass is 32.2. The van der Waals surface area contributed by atoms with Crippen molar-refractivity contribution in [2.45, 2.75) is 32.4 Å². The number of oxazole rings is 1. The van der Waals surface area contributed by atoms with E-state index in [9.17, 15) is 4.21 Å². The molecule has 5 rings (SSSR count). The monoisotopic (exact) mass is 529 g/mol. The van der Waals surface area contributed by atoms with Gasteiger partial charge in [-0.15, -0.1) is 0 Å². The number of aromatic nitrogens is 5. The van der Waals surface area contributed by atoms with Crippen molar-refractivity contribution in [1.29, 1.82) is 0 Å². The van der Waals surface area contributed by atoms with Crippen LogP contribution in [0.2, 0.25) is 0 Å². The average molecular weight is 530 g/mol. The quantitative estimate of drug-likeness (QED) is 0.265. The Labute approximate surface area is 222 Å². The first-order valence-corrected chi connectivity index (χ1v) is 13.0. The van der Waals surface area contributed by atoms with Crippen LogP contribution in [0.3, 0.4) is 0 Å². The smallest absolute Gasteiger partial charge is 0.231 e. The van der Waals surface area contributed by atoms with Crippen LogP contribution in [-0.4, -0.2) is 39.7 Å². The van der Waals surface area contributed by atoms with E-state index < -0.39 is 15.7 Å². The van der Waals surface area contributed by atoms with Crippen molar-refractivity contribution >= 4 is 39.7 Å². The number of fused-ring (bicyclic) bond motifs is 1. The predicted molar refractivity (Wildman–Crippen MR) is 148 cm³/mol. The predicted octanol–water partition coefficient (Wildman–Crippen LogP) is 5.74. The minimum Gasteiger partial charge on any atom is -0.457 e. The van der Waals surface area contributed by atoms with Gasteiger partial charge in [0.15, 0.2) is 0 Å². The van der Waals surface area contributed by atoms with Gasteiger partial charge < -0.3 is 19.0 Å². The number of benzene rings is 2. The van der Waals surface area contributed by atoms with E-state index in [1.165, 1.54) is 18.8 Å². The molecule has 1 N–H and O–H groups in total. The molecule has 0 saturated carbocycles. The molecule has 1 unspecified atom stereocenters. The molecule has 0 spiro atoms. The van der Waals surface area contributed by atoms with E-state index in [2.05, 4.69) is 29.7 Å². The highest BCUT2D eigenvalue weighted by Gasteiger charge is 2.19. The fourth-order valence-electron chi connectivity index (χ4n) is 3.60. The van der Waals surface area contributed by atoms with Crippen LogP contribution < -0.4 is 10.1 Å². The van der Waals surface area contributed by atoms with Gasteiger partial charge in [0, 0.05) is 25.0 Å². The first-order valence-electron chi connectivity index (χ1n) is 11.9.